The molecule has 0 spiro atoms. The van der Waals surface area contributed by atoms with Gasteiger partial charge in [-0.1, -0.05) is 18.2 Å². The van der Waals surface area contributed by atoms with E-state index in [0.717, 1.165) is 51.6 Å². The SMILES string of the molecule is O=C1CCC(N2Cc3ccc(CN4CCN(c5cccnn5)CC4)cc3C2)C(=O)N1. The Balaban J connectivity index is 1.18. The van der Waals surface area contributed by atoms with E-state index in [1.807, 2.05) is 12.1 Å². The highest BCUT2D eigenvalue weighted by Gasteiger charge is 2.34. The van der Waals surface area contributed by atoms with Crippen molar-refractivity contribution in [2.24, 2.45) is 0 Å². The van der Waals surface area contributed by atoms with E-state index in [4.69, 9.17) is 0 Å². The molecule has 30 heavy (non-hydrogen) atoms. The number of benzene rings is 1. The van der Waals surface area contributed by atoms with Crippen molar-refractivity contribution in [3.8, 4) is 0 Å². The Kier molecular flexibility index (Phi) is 5.18. The van der Waals surface area contributed by atoms with Gasteiger partial charge in [-0.2, -0.15) is 5.10 Å². The van der Waals surface area contributed by atoms with Crippen molar-refractivity contribution >= 4 is 17.6 Å². The fourth-order valence-electron chi connectivity index (χ4n) is 4.68. The van der Waals surface area contributed by atoms with Crippen LogP contribution < -0.4 is 10.2 Å². The molecule has 3 aliphatic heterocycles. The van der Waals surface area contributed by atoms with Crippen LogP contribution in [0.4, 0.5) is 5.82 Å². The summed E-state index contributed by atoms with van der Waals surface area (Å²) in [6, 6.07) is 10.4. The van der Waals surface area contributed by atoms with Crippen molar-refractivity contribution in [1.82, 2.24) is 25.3 Å². The van der Waals surface area contributed by atoms with Gasteiger partial charge < -0.3 is 4.90 Å². The average molecular weight is 406 g/mol. The van der Waals surface area contributed by atoms with E-state index in [9.17, 15) is 9.59 Å². The Morgan fingerprint density at radius 2 is 1.87 bits per heavy atom. The van der Waals surface area contributed by atoms with Gasteiger partial charge in [0.1, 0.15) is 0 Å². The molecule has 1 aromatic heterocycles. The Morgan fingerprint density at radius 3 is 2.63 bits per heavy atom. The molecule has 1 unspecified atom stereocenters. The highest BCUT2D eigenvalue weighted by molar-refractivity contribution is 6.00. The molecule has 0 radical (unpaired) electrons. The van der Waals surface area contributed by atoms with Crippen molar-refractivity contribution in [3.05, 3.63) is 53.2 Å². The van der Waals surface area contributed by atoms with Gasteiger partial charge >= 0.3 is 0 Å². The summed E-state index contributed by atoms with van der Waals surface area (Å²) in [7, 11) is 0. The predicted molar refractivity (Wildman–Crippen MR) is 111 cm³/mol. The van der Waals surface area contributed by atoms with Crippen molar-refractivity contribution in [2.45, 2.75) is 38.5 Å². The Bertz CT molecular complexity index is 942. The molecule has 3 aliphatic rings. The van der Waals surface area contributed by atoms with Gasteiger partial charge in [0.25, 0.3) is 0 Å². The molecule has 1 atom stereocenters. The summed E-state index contributed by atoms with van der Waals surface area (Å²) in [4.78, 5) is 30.6. The van der Waals surface area contributed by atoms with Gasteiger partial charge in [0, 0.05) is 58.4 Å². The molecule has 2 fully saturated rings. The Morgan fingerprint density at radius 1 is 1.03 bits per heavy atom. The summed E-state index contributed by atoms with van der Waals surface area (Å²) in [6.07, 6.45) is 2.74. The van der Waals surface area contributed by atoms with Crippen LogP contribution in [-0.2, 0) is 29.2 Å². The number of anilines is 1. The van der Waals surface area contributed by atoms with Gasteiger partial charge in [0.2, 0.25) is 11.8 Å². The smallest absolute Gasteiger partial charge is 0.243 e. The number of hydrogen-bond acceptors (Lipinski definition) is 7. The van der Waals surface area contributed by atoms with Gasteiger partial charge in [-0.25, -0.2) is 0 Å². The second-order valence-electron chi connectivity index (χ2n) is 8.32. The summed E-state index contributed by atoms with van der Waals surface area (Å²) in [5.41, 5.74) is 3.90. The standard InChI is InChI=1S/C22H26N6O2/c29-21-6-5-19(22(30)24-21)28-14-17-4-3-16(12-18(17)15-28)13-26-8-10-27(11-9-26)20-2-1-7-23-25-20/h1-4,7,12,19H,5-6,8-11,13-15H2,(H,24,29,30). The molecule has 1 N–H and O–H groups in total. The molecule has 0 saturated carbocycles. The van der Waals surface area contributed by atoms with Crippen LogP contribution in [-0.4, -0.2) is 64.0 Å². The van der Waals surface area contributed by atoms with E-state index in [2.05, 4.69) is 48.4 Å². The van der Waals surface area contributed by atoms with Crippen molar-refractivity contribution < 1.29 is 9.59 Å². The first-order valence-electron chi connectivity index (χ1n) is 10.6. The number of piperidine rings is 1. The number of fused-ring (bicyclic) bond motifs is 1. The molecular formula is C22H26N6O2. The van der Waals surface area contributed by atoms with Gasteiger partial charge in [-0.05, 0) is 35.2 Å². The van der Waals surface area contributed by atoms with Crippen LogP contribution in [0.2, 0.25) is 0 Å². The molecule has 5 rings (SSSR count). The summed E-state index contributed by atoms with van der Waals surface area (Å²) >= 11 is 0. The molecule has 0 bridgehead atoms. The minimum Gasteiger partial charge on any atom is -0.353 e. The van der Waals surface area contributed by atoms with Crippen LogP contribution in [0, 0.1) is 0 Å². The number of nitrogens with one attached hydrogen (secondary N) is 1. The largest absolute Gasteiger partial charge is 0.353 e. The number of imide groups is 1. The molecule has 8 heteroatoms. The number of rotatable bonds is 4. The molecule has 4 heterocycles. The quantitative estimate of drug-likeness (QED) is 0.756. The Labute approximate surface area is 175 Å². The summed E-state index contributed by atoms with van der Waals surface area (Å²) in [5.74, 6) is 0.637. The lowest BCUT2D eigenvalue weighted by atomic mass is 10.0. The third kappa shape index (κ3) is 3.93. The van der Waals surface area contributed by atoms with Gasteiger partial charge in [0.05, 0.1) is 6.04 Å². The van der Waals surface area contributed by atoms with Crippen molar-refractivity contribution in [1.29, 1.82) is 0 Å². The van der Waals surface area contributed by atoms with Crippen LogP contribution in [0.1, 0.15) is 29.5 Å². The molecule has 1 aromatic carbocycles. The number of nitrogens with zero attached hydrogens (tertiary/aromatic N) is 5. The fraction of sp³-hybridized carbons (Fsp3) is 0.455. The van der Waals surface area contributed by atoms with Crippen molar-refractivity contribution in [2.75, 3.05) is 31.1 Å². The lowest BCUT2D eigenvalue weighted by molar-refractivity contribution is -0.137. The molecule has 2 aromatic rings. The third-order valence-electron chi connectivity index (χ3n) is 6.33. The Hall–Kier alpha value is -2.84. The highest BCUT2D eigenvalue weighted by Crippen LogP contribution is 2.28. The number of carbonyl (C=O) groups excluding carboxylic acids is 2. The van der Waals surface area contributed by atoms with E-state index < -0.39 is 0 Å². The number of carbonyl (C=O) groups is 2. The van der Waals surface area contributed by atoms with Crippen molar-refractivity contribution in [3.63, 3.8) is 0 Å². The summed E-state index contributed by atoms with van der Waals surface area (Å²) < 4.78 is 0. The fourth-order valence-corrected chi connectivity index (χ4v) is 4.68. The average Bonchev–Trinajstić information content (AvgIpc) is 3.18. The first-order valence-corrected chi connectivity index (χ1v) is 10.6. The predicted octanol–water partition coefficient (Wildman–Crippen LogP) is 0.920. The lowest BCUT2D eigenvalue weighted by Gasteiger charge is -2.35. The van der Waals surface area contributed by atoms with Crippen LogP contribution in [0.25, 0.3) is 0 Å². The summed E-state index contributed by atoms with van der Waals surface area (Å²) in [5, 5.41) is 10.7. The molecule has 156 valence electrons. The second-order valence-corrected chi connectivity index (χ2v) is 8.32. The van der Waals surface area contributed by atoms with Crippen LogP contribution in [0.15, 0.2) is 36.5 Å². The maximum Gasteiger partial charge on any atom is 0.243 e. The normalized spacial score (nSPS) is 22.8. The molecular weight excluding hydrogens is 380 g/mol. The number of aromatic nitrogens is 2. The molecule has 2 amide bonds. The van der Waals surface area contributed by atoms with Crippen LogP contribution in [0.5, 0.6) is 0 Å². The number of piperazine rings is 1. The maximum atomic E-state index is 12.2. The minimum atomic E-state index is -0.201. The van der Waals surface area contributed by atoms with Gasteiger partial charge in [0.15, 0.2) is 5.82 Å². The van der Waals surface area contributed by atoms with Gasteiger partial charge in [-0.15, -0.1) is 5.10 Å². The minimum absolute atomic E-state index is 0.153. The first-order chi connectivity index (χ1) is 14.7. The molecule has 8 nitrogen and oxygen atoms in total. The zero-order valence-corrected chi connectivity index (χ0v) is 17.0. The van der Waals surface area contributed by atoms with E-state index in [1.165, 1.54) is 16.7 Å². The van der Waals surface area contributed by atoms with Gasteiger partial charge in [-0.3, -0.25) is 24.7 Å². The topological polar surface area (TPSA) is 81.7 Å². The zero-order valence-electron chi connectivity index (χ0n) is 17.0. The lowest BCUT2D eigenvalue weighted by Crippen LogP contribution is -2.50. The zero-order chi connectivity index (χ0) is 20.5. The molecule has 0 aliphatic carbocycles. The van der Waals surface area contributed by atoms with Crippen LogP contribution in [0.3, 0.4) is 0 Å². The first kappa shape index (κ1) is 19.1. The number of hydrogen-bond donors (Lipinski definition) is 1. The number of amides is 2. The van der Waals surface area contributed by atoms with E-state index >= 15 is 0 Å². The molecule has 2 saturated heterocycles. The maximum absolute atomic E-state index is 12.2. The monoisotopic (exact) mass is 406 g/mol. The summed E-state index contributed by atoms with van der Waals surface area (Å²) in [6.45, 7) is 6.38. The van der Waals surface area contributed by atoms with E-state index in [0.29, 0.717) is 12.8 Å². The van der Waals surface area contributed by atoms with Crippen LogP contribution >= 0.6 is 0 Å². The highest BCUT2D eigenvalue weighted by atomic mass is 16.2. The second kappa shape index (κ2) is 8.12. The van der Waals surface area contributed by atoms with E-state index in [-0.39, 0.29) is 17.9 Å². The third-order valence-corrected chi connectivity index (χ3v) is 6.33. The van der Waals surface area contributed by atoms with E-state index in [1.54, 1.807) is 6.20 Å².